The molecule has 0 aromatic heterocycles. The fourth-order valence-corrected chi connectivity index (χ4v) is 2.98. The first-order valence-corrected chi connectivity index (χ1v) is 6.88. The molecule has 19 heavy (non-hydrogen) atoms. The van der Waals surface area contributed by atoms with Crippen LogP contribution in [0.3, 0.4) is 0 Å². The van der Waals surface area contributed by atoms with E-state index >= 15 is 0 Å². The van der Waals surface area contributed by atoms with Crippen LogP contribution in [0.15, 0.2) is 28.7 Å². The Labute approximate surface area is 120 Å². The standard InChI is InChI=1S/C14H16BrNO3/c1-14(2)10(11(14)13(18)19)12(17)16-7-8-4-3-5-9(15)6-8/h3-6,10-11H,7H2,1-2H3,(H,16,17)(H,18,19). The van der Waals surface area contributed by atoms with Crippen molar-refractivity contribution < 1.29 is 14.7 Å². The molecule has 0 bridgehead atoms. The first-order chi connectivity index (χ1) is 8.84. The lowest BCUT2D eigenvalue weighted by Crippen LogP contribution is -2.26. The molecule has 102 valence electrons. The first-order valence-electron chi connectivity index (χ1n) is 6.09. The molecule has 2 atom stereocenters. The number of carbonyl (C=O) groups excluding carboxylic acids is 1. The van der Waals surface area contributed by atoms with Gasteiger partial charge in [-0.05, 0) is 23.1 Å². The van der Waals surface area contributed by atoms with Gasteiger partial charge in [0.05, 0.1) is 11.8 Å². The summed E-state index contributed by atoms with van der Waals surface area (Å²) >= 11 is 3.37. The summed E-state index contributed by atoms with van der Waals surface area (Å²) in [5.41, 5.74) is 0.528. The number of rotatable bonds is 4. The molecule has 1 aliphatic carbocycles. The van der Waals surface area contributed by atoms with Gasteiger partial charge in [0, 0.05) is 11.0 Å². The molecule has 1 aromatic carbocycles. The van der Waals surface area contributed by atoms with Gasteiger partial charge in [-0.25, -0.2) is 0 Å². The average molecular weight is 326 g/mol. The van der Waals surface area contributed by atoms with Crippen LogP contribution in [0.2, 0.25) is 0 Å². The predicted molar refractivity (Wildman–Crippen MR) is 74.4 cm³/mol. The third-order valence-electron chi connectivity index (χ3n) is 3.73. The molecule has 1 fully saturated rings. The van der Waals surface area contributed by atoms with Gasteiger partial charge < -0.3 is 10.4 Å². The SMILES string of the molecule is CC1(C)C(C(=O)O)C1C(=O)NCc1cccc(Br)c1. The van der Waals surface area contributed by atoms with E-state index in [-0.39, 0.29) is 5.91 Å². The maximum Gasteiger partial charge on any atom is 0.307 e. The van der Waals surface area contributed by atoms with E-state index in [0.717, 1.165) is 10.0 Å². The highest BCUT2D eigenvalue weighted by Crippen LogP contribution is 2.58. The second-order valence-corrected chi connectivity index (χ2v) is 6.38. The van der Waals surface area contributed by atoms with Crippen molar-refractivity contribution in [3.05, 3.63) is 34.3 Å². The zero-order valence-electron chi connectivity index (χ0n) is 10.8. The Morgan fingerprint density at radius 1 is 1.37 bits per heavy atom. The Morgan fingerprint density at radius 2 is 2.05 bits per heavy atom. The maximum atomic E-state index is 12.0. The minimum absolute atomic E-state index is 0.183. The summed E-state index contributed by atoms with van der Waals surface area (Å²) in [6.45, 7) is 4.04. The fourth-order valence-electron chi connectivity index (χ4n) is 2.53. The molecule has 1 aliphatic rings. The summed E-state index contributed by atoms with van der Waals surface area (Å²) in [5.74, 6) is -2.09. The molecule has 1 amide bonds. The van der Waals surface area contributed by atoms with Crippen molar-refractivity contribution in [3.8, 4) is 0 Å². The van der Waals surface area contributed by atoms with Crippen molar-refractivity contribution in [3.63, 3.8) is 0 Å². The molecule has 0 aliphatic heterocycles. The number of hydrogen-bond acceptors (Lipinski definition) is 2. The van der Waals surface area contributed by atoms with Crippen molar-refractivity contribution in [2.45, 2.75) is 20.4 Å². The van der Waals surface area contributed by atoms with Gasteiger partial charge in [0.15, 0.2) is 0 Å². The highest BCUT2D eigenvalue weighted by molar-refractivity contribution is 9.10. The van der Waals surface area contributed by atoms with E-state index in [1.54, 1.807) is 0 Å². The van der Waals surface area contributed by atoms with Crippen LogP contribution in [0.25, 0.3) is 0 Å². The van der Waals surface area contributed by atoms with E-state index < -0.39 is 23.2 Å². The Balaban J connectivity index is 1.95. The Bertz CT molecular complexity index is 527. The number of hydrogen-bond donors (Lipinski definition) is 2. The van der Waals surface area contributed by atoms with E-state index in [4.69, 9.17) is 5.11 Å². The lowest BCUT2D eigenvalue weighted by atomic mass is 10.1. The number of carboxylic acid groups (broad SMARTS) is 1. The Morgan fingerprint density at radius 3 is 2.58 bits per heavy atom. The van der Waals surface area contributed by atoms with Gasteiger partial charge in [0.1, 0.15) is 0 Å². The molecule has 4 nitrogen and oxygen atoms in total. The molecule has 2 N–H and O–H groups in total. The van der Waals surface area contributed by atoms with Crippen molar-refractivity contribution in [1.29, 1.82) is 0 Å². The third-order valence-corrected chi connectivity index (χ3v) is 4.22. The summed E-state index contributed by atoms with van der Waals surface area (Å²) in [4.78, 5) is 23.0. The molecule has 0 spiro atoms. The van der Waals surface area contributed by atoms with Gasteiger partial charge in [-0.2, -0.15) is 0 Å². The number of nitrogens with one attached hydrogen (secondary N) is 1. The fraction of sp³-hybridized carbons (Fsp3) is 0.429. The van der Waals surface area contributed by atoms with E-state index in [0.29, 0.717) is 6.54 Å². The average Bonchev–Trinajstić information content (AvgIpc) is 2.90. The van der Waals surface area contributed by atoms with Crippen molar-refractivity contribution in [2.24, 2.45) is 17.3 Å². The van der Waals surface area contributed by atoms with Gasteiger partial charge >= 0.3 is 5.97 Å². The van der Waals surface area contributed by atoms with Crippen LogP contribution in [-0.4, -0.2) is 17.0 Å². The lowest BCUT2D eigenvalue weighted by molar-refractivity contribution is -0.140. The topological polar surface area (TPSA) is 66.4 Å². The number of aliphatic carboxylic acids is 1. The zero-order valence-corrected chi connectivity index (χ0v) is 12.4. The quantitative estimate of drug-likeness (QED) is 0.893. The predicted octanol–water partition coefficient (Wildman–Crippen LogP) is 2.42. The van der Waals surface area contributed by atoms with Crippen LogP contribution in [0.4, 0.5) is 0 Å². The summed E-state index contributed by atoms with van der Waals surface area (Å²) in [6.07, 6.45) is 0. The van der Waals surface area contributed by atoms with Crippen LogP contribution in [-0.2, 0) is 16.1 Å². The van der Waals surface area contributed by atoms with Gasteiger partial charge in [0.25, 0.3) is 0 Å². The van der Waals surface area contributed by atoms with Crippen LogP contribution < -0.4 is 5.32 Å². The summed E-state index contributed by atoms with van der Waals surface area (Å²) in [7, 11) is 0. The summed E-state index contributed by atoms with van der Waals surface area (Å²) in [6, 6.07) is 7.65. The van der Waals surface area contributed by atoms with E-state index in [2.05, 4.69) is 21.2 Å². The second-order valence-electron chi connectivity index (χ2n) is 5.46. The minimum atomic E-state index is -0.896. The molecule has 0 radical (unpaired) electrons. The first kappa shape index (κ1) is 14.1. The second kappa shape index (κ2) is 4.96. The largest absolute Gasteiger partial charge is 0.481 e. The van der Waals surface area contributed by atoms with Gasteiger partial charge in [-0.3, -0.25) is 9.59 Å². The molecule has 1 aromatic rings. The van der Waals surface area contributed by atoms with Gasteiger partial charge in [-0.1, -0.05) is 41.9 Å². The van der Waals surface area contributed by atoms with Crippen molar-refractivity contribution in [2.75, 3.05) is 0 Å². The van der Waals surface area contributed by atoms with Crippen molar-refractivity contribution in [1.82, 2.24) is 5.32 Å². The molecule has 0 saturated heterocycles. The van der Waals surface area contributed by atoms with Crippen LogP contribution >= 0.6 is 15.9 Å². The zero-order chi connectivity index (χ0) is 14.2. The molecule has 2 unspecified atom stereocenters. The molecular weight excluding hydrogens is 310 g/mol. The normalized spacial score (nSPS) is 23.7. The minimum Gasteiger partial charge on any atom is -0.481 e. The molecule has 1 saturated carbocycles. The highest BCUT2D eigenvalue weighted by Gasteiger charge is 2.65. The van der Waals surface area contributed by atoms with Gasteiger partial charge in [-0.15, -0.1) is 0 Å². The van der Waals surface area contributed by atoms with Crippen LogP contribution in [0, 0.1) is 17.3 Å². The number of halogens is 1. The molecule has 0 heterocycles. The number of amides is 1. The number of carboxylic acids is 1. The van der Waals surface area contributed by atoms with E-state index in [1.807, 2.05) is 38.1 Å². The summed E-state index contributed by atoms with van der Waals surface area (Å²) in [5, 5.41) is 11.8. The Kier molecular flexibility index (Phi) is 3.67. The van der Waals surface area contributed by atoms with E-state index in [1.165, 1.54) is 0 Å². The summed E-state index contributed by atoms with van der Waals surface area (Å²) < 4.78 is 0.953. The van der Waals surface area contributed by atoms with Gasteiger partial charge in [0.2, 0.25) is 5.91 Å². The Hall–Kier alpha value is -1.36. The van der Waals surface area contributed by atoms with Crippen molar-refractivity contribution >= 4 is 27.8 Å². The van der Waals surface area contributed by atoms with E-state index in [9.17, 15) is 9.59 Å². The van der Waals surface area contributed by atoms with Crippen LogP contribution in [0.5, 0.6) is 0 Å². The third kappa shape index (κ3) is 2.81. The highest BCUT2D eigenvalue weighted by atomic mass is 79.9. The van der Waals surface area contributed by atoms with Crippen LogP contribution in [0.1, 0.15) is 19.4 Å². The smallest absolute Gasteiger partial charge is 0.307 e. The molecular formula is C14H16BrNO3. The lowest BCUT2D eigenvalue weighted by Gasteiger charge is -2.06. The number of benzene rings is 1. The monoisotopic (exact) mass is 325 g/mol. The number of carbonyl (C=O) groups is 2. The molecule has 5 heteroatoms. The molecule has 2 rings (SSSR count). The maximum absolute atomic E-state index is 12.0.